The third kappa shape index (κ3) is 2.15. The van der Waals surface area contributed by atoms with E-state index in [1.54, 1.807) is 30.5 Å². The molecule has 0 nitrogen and oxygen atoms in total. The second-order valence-corrected chi connectivity index (χ2v) is 19.9. The molecule has 3 aliphatic rings. The van der Waals surface area contributed by atoms with Crippen molar-refractivity contribution in [2.75, 3.05) is 0 Å². The van der Waals surface area contributed by atoms with Gasteiger partial charge in [-0.3, -0.25) is 0 Å². The topological polar surface area (TPSA) is 0 Å². The van der Waals surface area contributed by atoms with Gasteiger partial charge in [0.15, 0.2) is 0 Å². The molecule has 1 heterocycles. The molecule has 1 saturated heterocycles. The molecule has 126 valence electrons. The summed E-state index contributed by atoms with van der Waals surface area (Å²) in [6.45, 7) is 9.37. The minimum atomic E-state index is -2.31. The SMILES string of the molecule is CC1=Cc2c(C)cccc2[CH]1[Zr]1([CH]2C(C)=Cc3c(C)cccc32)[CH2][CH2]1. The summed E-state index contributed by atoms with van der Waals surface area (Å²) in [6, 6.07) is 14.0. The van der Waals surface area contributed by atoms with Crippen LogP contribution in [0.4, 0.5) is 0 Å². The average molecular weight is 406 g/mol. The first kappa shape index (κ1) is 16.0. The van der Waals surface area contributed by atoms with Crippen LogP contribution in [-0.4, -0.2) is 0 Å². The van der Waals surface area contributed by atoms with Gasteiger partial charge in [0.25, 0.3) is 0 Å². The van der Waals surface area contributed by atoms with E-state index in [2.05, 4.69) is 76.2 Å². The second kappa shape index (κ2) is 5.40. The first-order valence-corrected chi connectivity index (χ1v) is 15.9. The van der Waals surface area contributed by atoms with Crippen molar-refractivity contribution in [1.82, 2.24) is 0 Å². The molecule has 1 fully saturated rings. The second-order valence-electron chi connectivity index (χ2n) is 8.53. The fourth-order valence-electron chi connectivity index (χ4n) is 5.83. The van der Waals surface area contributed by atoms with E-state index in [4.69, 9.17) is 0 Å². The van der Waals surface area contributed by atoms with Crippen LogP contribution in [0.2, 0.25) is 8.26 Å². The predicted octanol–water partition coefficient (Wildman–Crippen LogP) is 6.92. The predicted molar refractivity (Wildman–Crippen MR) is 105 cm³/mol. The van der Waals surface area contributed by atoms with Crippen LogP contribution < -0.4 is 0 Å². The van der Waals surface area contributed by atoms with Gasteiger partial charge in [-0.05, 0) is 0 Å². The molecule has 0 N–H and O–H groups in total. The van der Waals surface area contributed by atoms with Crippen molar-refractivity contribution in [1.29, 1.82) is 0 Å². The summed E-state index contributed by atoms with van der Waals surface area (Å²) in [5.74, 6) is 0. The number of fused-ring (bicyclic) bond motifs is 2. The first-order chi connectivity index (χ1) is 12.0. The maximum atomic E-state index is 2.51. The zero-order valence-electron chi connectivity index (χ0n) is 15.7. The minimum absolute atomic E-state index is 0.795. The average Bonchev–Trinajstić information content (AvgIpc) is 3.15. The van der Waals surface area contributed by atoms with Gasteiger partial charge in [-0.2, -0.15) is 0 Å². The van der Waals surface area contributed by atoms with Crippen molar-refractivity contribution in [3.05, 3.63) is 80.9 Å². The summed E-state index contributed by atoms with van der Waals surface area (Å²) in [6.07, 6.45) is 5.02. The fraction of sp³-hybridized carbons (Fsp3) is 0.333. The van der Waals surface area contributed by atoms with Gasteiger partial charge < -0.3 is 0 Å². The molecule has 2 aliphatic carbocycles. The third-order valence-corrected chi connectivity index (χ3v) is 20.5. The molecule has 2 unspecified atom stereocenters. The van der Waals surface area contributed by atoms with Crippen molar-refractivity contribution in [3.63, 3.8) is 0 Å². The summed E-state index contributed by atoms with van der Waals surface area (Å²) in [4.78, 5) is 0. The molecule has 0 saturated carbocycles. The molecule has 1 heteroatoms. The number of hydrogen-bond donors (Lipinski definition) is 0. The monoisotopic (exact) mass is 404 g/mol. The van der Waals surface area contributed by atoms with E-state index < -0.39 is 20.3 Å². The van der Waals surface area contributed by atoms with Gasteiger partial charge in [0.2, 0.25) is 0 Å². The van der Waals surface area contributed by atoms with E-state index in [1.165, 1.54) is 22.3 Å². The zero-order valence-corrected chi connectivity index (χ0v) is 18.1. The van der Waals surface area contributed by atoms with Crippen LogP contribution in [0.25, 0.3) is 12.2 Å². The molecule has 0 radical (unpaired) electrons. The van der Waals surface area contributed by atoms with Crippen LogP contribution in [0.1, 0.15) is 54.5 Å². The Bertz CT molecular complexity index is 881. The molecular weight excluding hydrogens is 379 g/mol. The summed E-state index contributed by atoms with van der Waals surface area (Å²) in [5.41, 5.74) is 12.6. The summed E-state index contributed by atoms with van der Waals surface area (Å²) >= 11 is -2.31. The molecule has 2 aromatic carbocycles. The molecule has 0 amide bonds. The normalized spacial score (nSPS) is 25.3. The number of rotatable bonds is 2. The Balaban J connectivity index is 1.66. The van der Waals surface area contributed by atoms with Crippen LogP contribution in [0.15, 0.2) is 47.5 Å². The molecule has 5 rings (SSSR count). The van der Waals surface area contributed by atoms with Crippen LogP contribution in [0.3, 0.4) is 0 Å². The Morgan fingerprint density at radius 2 is 1.12 bits per heavy atom. The molecule has 0 aromatic heterocycles. The Hall–Kier alpha value is -1.20. The quantitative estimate of drug-likeness (QED) is 0.508. The number of allylic oxidation sites excluding steroid dienone is 2. The van der Waals surface area contributed by atoms with E-state index >= 15 is 0 Å². The fourth-order valence-corrected chi connectivity index (χ4v) is 23.5. The van der Waals surface area contributed by atoms with Gasteiger partial charge in [-0.25, -0.2) is 0 Å². The van der Waals surface area contributed by atoms with Gasteiger partial charge in [-0.15, -0.1) is 0 Å². The van der Waals surface area contributed by atoms with Gasteiger partial charge >= 0.3 is 157 Å². The molecule has 1 aliphatic heterocycles. The van der Waals surface area contributed by atoms with E-state index in [-0.39, 0.29) is 0 Å². The third-order valence-electron chi connectivity index (χ3n) is 6.97. The Morgan fingerprint density at radius 1 is 0.680 bits per heavy atom. The molecule has 0 spiro atoms. The standard InChI is InChI=1S/2C11H11.C2H4.Zr/c2*1-8-6-10-5-3-4-9(2)11(10)7-8;1-2;/h2*3-7H,1-2H3;1-2H2;. The number of hydrogen-bond acceptors (Lipinski definition) is 0. The Morgan fingerprint density at radius 3 is 1.52 bits per heavy atom. The molecule has 0 bridgehead atoms. The maximum absolute atomic E-state index is 2.51. The number of aryl methyl sites for hydroxylation is 2. The van der Waals surface area contributed by atoms with Crippen LogP contribution in [0, 0.1) is 13.8 Å². The molecule has 2 atom stereocenters. The zero-order chi connectivity index (χ0) is 17.3. The van der Waals surface area contributed by atoms with E-state index in [0.717, 1.165) is 7.25 Å². The van der Waals surface area contributed by atoms with Gasteiger partial charge in [0, 0.05) is 0 Å². The van der Waals surface area contributed by atoms with Crippen molar-refractivity contribution < 1.29 is 20.3 Å². The van der Waals surface area contributed by atoms with Gasteiger partial charge in [0.1, 0.15) is 0 Å². The van der Waals surface area contributed by atoms with Crippen molar-refractivity contribution in [2.24, 2.45) is 0 Å². The molecule has 25 heavy (non-hydrogen) atoms. The number of benzene rings is 2. The van der Waals surface area contributed by atoms with Crippen LogP contribution in [0.5, 0.6) is 0 Å². The molecular formula is C24H26Zr. The van der Waals surface area contributed by atoms with Crippen LogP contribution >= 0.6 is 0 Å². The van der Waals surface area contributed by atoms with Crippen LogP contribution in [-0.2, 0) is 20.3 Å². The van der Waals surface area contributed by atoms with Gasteiger partial charge in [0.05, 0.1) is 0 Å². The van der Waals surface area contributed by atoms with E-state index in [1.807, 2.05) is 0 Å². The van der Waals surface area contributed by atoms with Gasteiger partial charge in [-0.1, -0.05) is 0 Å². The Labute approximate surface area is 156 Å². The first-order valence-electron chi connectivity index (χ1n) is 9.58. The summed E-state index contributed by atoms with van der Waals surface area (Å²) in [7, 11) is 0. The molecule has 2 aromatic rings. The van der Waals surface area contributed by atoms with Crippen molar-refractivity contribution in [2.45, 2.75) is 43.2 Å². The van der Waals surface area contributed by atoms with Crippen molar-refractivity contribution >= 4 is 12.2 Å². The van der Waals surface area contributed by atoms with Crippen molar-refractivity contribution in [3.8, 4) is 0 Å². The Kier molecular flexibility index (Phi) is 3.46. The summed E-state index contributed by atoms with van der Waals surface area (Å²) < 4.78 is 4.70. The van der Waals surface area contributed by atoms with E-state index in [9.17, 15) is 0 Å². The van der Waals surface area contributed by atoms with E-state index in [0.29, 0.717) is 0 Å². The summed E-state index contributed by atoms with van der Waals surface area (Å²) in [5, 5.41) is 0.